The average Bonchev–Trinajstić information content (AvgIpc) is 3.05. The molecule has 4 nitrogen and oxygen atoms in total. The van der Waals surface area contributed by atoms with Crippen molar-refractivity contribution in [1.82, 2.24) is 9.78 Å². The number of hydrogen-bond donors (Lipinski definition) is 1. The smallest absolute Gasteiger partial charge is 0.226 e. The molecule has 1 heterocycles. The molecule has 1 aliphatic carbocycles. The Morgan fingerprint density at radius 3 is 2.74 bits per heavy atom. The number of carbonyl (C=O) groups excluding carboxylic acids is 1. The van der Waals surface area contributed by atoms with Crippen LogP contribution in [0.25, 0.3) is 0 Å². The minimum absolute atomic E-state index is 0.0611. The summed E-state index contributed by atoms with van der Waals surface area (Å²) in [5.41, 5.74) is 0. The Kier molecular flexibility index (Phi) is 5.75. The summed E-state index contributed by atoms with van der Waals surface area (Å²) in [6, 6.07) is 12.5. The highest BCUT2D eigenvalue weighted by molar-refractivity contribution is 7.99. The van der Waals surface area contributed by atoms with E-state index in [0.29, 0.717) is 12.5 Å². The lowest BCUT2D eigenvalue weighted by molar-refractivity contribution is -0.115. The number of anilines is 1. The van der Waals surface area contributed by atoms with Crippen molar-refractivity contribution >= 4 is 23.5 Å². The molecule has 1 saturated carbocycles. The van der Waals surface area contributed by atoms with Crippen molar-refractivity contribution in [1.29, 1.82) is 0 Å². The largest absolute Gasteiger partial charge is 0.311 e. The SMILES string of the molecule is O=C(CCSc1ccccc1)Nc1ccnn1C1CCCCC1. The zero-order chi connectivity index (χ0) is 15.9. The number of nitrogens with zero attached hydrogens (tertiary/aromatic N) is 2. The lowest BCUT2D eigenvalue weighted by atomic mass is 9.96. The predicted molar refractivity (Wildman–Crippen MR) is 94.8 cm³/mol. The van der Waals surface area contributed by atoms with Gasteiger partial charge in [-0.3, -0.25) is 4.79 Å². The van der Waals surface area contributed by atoms with Crippen molar-refractivity contribution in [2.75, 3.05) is 11.1 Å². The van der Waals surface area contributed by atoms with E-state index in [0.717, 1.165) is 24.4 Å². The van der Waals surface area contributed by atoms with Gasteiger partial charge < -0.3 is 5.32 Å². The molecule has 0 atom stereocenters. The summed E-state index contributed by atoms with van der Waals surface area (Å²) in [5.74, 6) is 1.69. The third-order valence-corrected chi connectivity index (χ3v) is 5.21. The van der Waals surface area contributed by atoms with Gasteiger partial charge >= 0.3 is 0 Å². The van der Waals surface area contributed by atoms with E-state index in [1.807, 2.05) is 28.9 Å². The lowest BCUT2D eigenvalue weighted by Gasteiger charge is -2.23. The first-order chi connectivity index (χ1) is 11.3. The van der Waals surface area contributed by atoms with Crippen LogP contribution in [0.3, 0.4) is 0 Å². The van der Waals surface area contributed by atoms with Crippen LogP contribution < -0.4 is 5.32 Å². The molecule has 0 bridgehead atoms. The van der Waals surface area contributed by atoms with Gasteiger partial charge in [0.25, 0.3) is 0 Å². The fraction of sp³-hybridized carbons (Fsp3) is 0.444. The molecule has 122 valence electrons. The molecule has 3 rings (SSSR count). The molecule has 0 unspecified atom stereocenters. The average molecular weight is 329 g/mol. The van der Waals surface area contributed by atoms with Crippen LogP contribution in [0.15, 0.2) is 47.5 Å². The summed E-state index contributed by atoms with van der Waals surface area (Å²) < 4.78 is 2.00. The molecular weight excluding hydrogens is 306 g/mol. The first-order valence-electron chi connectivity index (χ1n) is 8.34. The molecule has 0 spiro atoms. The van der Waals surface area contributed by atoms with Crippen LogP contribution in [0.4, 0.5) is 5.82 Å². The van der Waals surface area contributed by atoms with Gasteiger partial charge in [0.05, 0.1) is 12.2 Å². The molecule has 23 heavy (non-hydrogen) atoms. The predicted octanol–water partition coefficient (Wildman–Crippen LogP) is 4.51. The van der Waals surface area contributed by atoms with Gasteiger partial charge in [-0.05, 0) is 25.0 Å². The Hall–Kier alpha value is -1.75. The van der Waals surface area contributed by atoms with Crippen molar-refractivity contribution < 1.29 is 4.79 Å². The number of amides is 1. The fourth-order valence-electron chi connectivity index (χ4n) is 3.01. The van der Waals surface area contributed by atoms with E-state index in [4.69, 9.17) is 0 Å². The van der Waals surface area contributed by atoms with Gasteiger partial charge in [0, 0.05) is 23.1 Å². The van der Waals surface area contributed by atoms with Gasteiger partial charge in [-0.2, -0.15) is 5.10 Å². The van der Waals surface area contributed by atoms with Crippen molar-refractivity contribution in [2.24, 2.45) is 0 Å². The van der Waals surface area contributed by atoms with E-state index < -0.39 is 0 Å². The second-order valence-electron chi connectivity index (χ2n) is 5.91. The van der Waals surface area contributed by atoms with Gasteiger partial charge in [-0.25, -0.2) is 4.68 Å². The normalized spacial score (nSPS) is 15.5. The molecule has 1 N–H and O–H groups in total. The first-order valence-corrected chi connectivity index (χ1v) is 9.33. The molecule has 1 aromatic heterocycles. The molecule has 1 aromatic carbocycles. The standard InChI is InChI=1S/C18H23N3OS/c22-18(12-14-23-16-9-5-2-6-10-16)20-17-11-13-19-21(17)15-7-3-1-4-8-15/h2,5-6,9-11,13,15H,1,3-4,7-8,12,14H2,(H,20,22). The maximum Gasteiger partial charge on any atom is 0.226 e. The Labute approximate surface area is 141 Å². The van der Waals surface area contributed by atoms with Crippen LogP contribution in [0.2, 0.25) is 0 Å². The number of nitrogens with one attached hydrogen (secondary N) is 1. The molecule has 0 aliphatic heterocycles. The van der Waals surface area contributed by atoms with Crippen molar-refractivity contribution in [3.8, 4) is 0 Å². The molecule has 1 amide bonds. The minimum Gasteiger partial charge on any atom is -0.311 e. The number of carbonyl (C=O) groups is 1. The van der Waals surface area contributed by atoms with Crippen LogP contribution in [-0.4, -0.2) is 21.4 Å². The van der Waals surface area contributed by atoms with Crippen LogP contribution in [0, 0.1) is 0 Å². The minimum atomic E-state index is 0.0611. The van der Waals surface area contributed by atoms with Crippen LogP contribution in [0.1, 0.15) is 44.6 Å². The maximum atomic E-state index is 12.2. The zero-order valence-electron chi connectivity index (χ0n) is 13.3. The topological polar surface area (TPSA) is 46.9 Å². The Morgan fingerprint density at radius 1 is 1.17 bits per heavy atom. The monoisotopic (exact) mass is 329 g/mol. The maximum absolute atomic E-state index is 12.2. The number of hydrogen-bond acceptors (Lipinski definition) is 3. The summed E-state index contributed by atoms with van der Waals surface area (Å²) >= 11 is 1.71. The van der Waals surface area contributed by atoms with Gasteiger partial charge in [0.1, 0.15) is 5.82 Å². The summed E-state index contributed by atoms with van der Waals surface area (Å²) in [6.07, 6.45) is 8.44. The van der Waals surface area contributed by atoms with Crippen LogP contribution in [-0.2, 0) is 4.79 Å². The molecule has 2 aromatic rings. The third-order valence-electron chi connectivity index (χ3n) is 4.20. The van der Waals surface area contributed by atoms with E-state index >= 15 is 0 Å². The van der Waals surface area contributed by atoms with Crippen molar-refractivity contribution in [2.45, 2.75) is 49.5 Å². The molecule has 1 fully saturated rings. The van der Waals surface area contributed by atoms with Gasteiger partial charge in [0.15, 0.2) is 0 Å². The molecular formula is C18H23N3OS. The number of rotatable bonds is 6. The van der Waals surface area contributed by atoms with E-state index in [1.165, 1.54) is 24.2 Å². The highest BCUT2D eigenvalue weighted by Gasteiger charge is 2.19. The third kappa shape index (κ3) is 4.61. The summed E-state index contributed by atoms with van der Waals surface area (Å²) in [4.78, 5) is 13.4. The fourth-order valence-corrected chi connectivity index (χ4v) is 3.89. The van der Waals surface area contributed by atoms with E-state index in [2.05, 4.69) is 22.5 Å². The molecule has 5 heteroatoms. The van der Waals surface area contributed by atoms with Crippen LogP contribution in [0.5, 0.6) is 0 Å². The quantitative estimate of drug-likeness (QED) is 0.793. The Morgan fingerprint density at radius 2 is 1.96 bits per heavy atom. The number of thioether (sulfide) groups is 1. The van der Waals surface area contributed by atoms with Crippen molar-refractivity contribution in [3.05, 3.63) is 42.6 Å². The Balaban J connectivity index is 1.49. The van der Waals surface area contributed by atoms with E-state index in [-0.39, 0.29) is 5.91 Å². The summed E-state index contributed by atoms with van der Waals surface area (Å²) in [6.45, 7) is 0. The Bertz CT molecular complexity index is 620. The zero-order valence-corrected chi connectivity index (χ0v) is 14.1. The van der Waals surface area contributed by atoms with Crippen molar-refractivity contribution in [3.63, 3.8) is 0 Å². The molecule has 0 saturated heterocycles. The number of aromatic nitrogens is 2. The van der Waals surface area contributed by atoms with Gasteiger partial charge in [-0.1, -0.05) is 37.5 Å². The van der Waals surface area contributed by atoms with Gasteiger partial charge in [0.2, 0.25) is 5.91 Å². The van der Waals surface area contributed by atoms with Gasteiger partial charge in [-0.15, -0.1) is 11.8 Å². The number of benzene rings is 1. The second kappa shape index (κ2) is 8.20. The second-order valence-corrected chi connectivity index (χ2v) is 7.08. The highest BCUT2D eigenvalue weighted by Crippen LogP contribution is 2.30. The van der Waals surface area contributed by atoms with E-state index in [1.54, 1.807) is 18.0 Å². The summed E-state index contributed by atoms with van der Waals surface area (Å²) in [7, 11) is 0. The molecule has 1 aliphatic rings. The summed E-state index contributed by atoms with van der Waals surface area (Å²) in [5, 5.41) is 7.44. The lowest BCUT2D eigenvalue weighted by Crippen LogP contribution is -2.20. The highest BCUT2D eigenvalue weighted by atomic mass is 32.2. The van der Waals surface area contributed by atoms with Crippen LogP contribution >= 0.6 is 11.8 Å². The molecule has 0 radical (unpaired) electrons. The van der Waals surface area contributed by atoms with E-state index in [9.17, 15) is 4.79 Å². The first kappa shape index (κ1) is 16.1.